The second-order valence-corrected chi connectivity index (χ2v) is 5.16. The van der Waals surface area contributed by atoms with E-state index in [1.165, 1.54) is 37.9 Å². The molecule has 0 amide bonds. The van der Waals surface area contributed by atoms with Crippen LogP contribution in [-0.2, 0) is 6.42 Å². The average Bonchev–Trinajstić information content (AvgIpc) is 2.88. The lowest BCUT2D eigenvalue weighted by Gasteiger charge is -2.28. The lowest BCUT2D eigenvalue weighted by molar-refractivity contribution is 0.293. The average molecular weight is 235 g/mol. The van der Waals surface area contributed by atoms with Crippen LogP contribution in [0.1, 0.15) is 31.4 Å². The van der Waals surface area contributed by atoms with Crippen LogP contribution in [0, 0.1) is 5.92 Å². The molecule has 0 aromatic carbocycles. The maximum Gasteiger partial charge on any atom is 0.0159 e. The molecule has 0 aliphatic heterocycles. The molecule has 1 aliphatic carbocycles. The fourth-order valence-electron chi connectivity index (χ4n) is 2.71. The number of rotatable bonds is 6. The molecule has 2 rings (SSSR count). The van der Waals surface area contributed by atoms with Gasteiger partial charge in [0.2, 0.25) is 0 Å². The first kappa shape index (κ1) is 12.7. The largest absolute Gasteiger partial charge is 0.365 e. The summed E-state index contributed by atoms with van der Waals surface area (Å²) in [4.78, 5) is 3.24. The van der Waals surface area contributed by atoms with Gasteiger partial charge in [0.15, 0.2) is 0 Å². The van der Waals surface area contributed by atoms with Crippen molar-refractivity contribution < 1.29 is 0 Å². The quantitative estimate of drug-likeness (QED) is 0.659. The number of nitrogens with one attached hydrogen (secondary N) is 3. The minimum atomic E-state index is 0.769. The van der Waals surface area contributed by atoms with Crippen molar-refractivity contribution in [2.45, 2.75) is 38.1 Å². The van der Waals surface area contributed by atoms with Gasteiger partial charge in [-0.3, -0.25) is 0 Å². The highest BCUT2D eigenvalue weighted by Gasteiger charge is 2.19. The maximum atomic E-state index is 3.59. The zero-order valence-electron chi connectivity index (χ0n) is 10.8. The zero-order valence-corrected chi connectivity index (χ0v) is 10.8. The number of aromatic nitrogens is 1. The molecule has 0 atom stereocenters. The van der Waals surface area contributed by atoms with E-state index >= 15 is 0 Å². The molecular weight excluding hydrogens is 210 g/mol. The third-order valence-electron chi connectivity index (χ3n) is 3.92. The number of hydrogen-bond acceptors (Lipinski definition) is 2. The van der Waals surface area contributed by atoms with Crippen LogP contribution in [0.5, 0.6) is 0 Å². The van der Waals surface area contributed by atoms with Crippen LogP contribution in [-0.4, -0.2) is 31.2 Å². The monoisotopic (exact) mass is 235 g/mol. The van der Waals surface area contributed by atoms with E-state index in [0.717, 1.165) is 24.9 Å². The molecular formula is C14H25N3. The first-order valence-corrected chi connectivity index (χ1v) is 6.88. The molecule has 3 nitrogen and oxygen atoms in total. The van der Waals surface area contributed by atoms with E-state index in [4.69, 9.17) is 0 Å². The highest BCUT2D eigenvalue weighted by atomic mass is 14.9. The van der Waals surface area contributed by atoms with Gasteiger partial charge in [0.05, 0.1) is 0 Å². The molecule has 96 valence electrons. The van der Waals surface area contributed by atoms with Gasteiger partial charge in [-0.25, -0.2) is 0 Å². The van der Waals surface area contributed by atoms with Gasteiger partial charge in [0.1, 0.15) is 0 Å². The van der Waals surface area contributed by atoms with Crippen molar-refractivity contribution in [2.24, 2.45) is 5.92 Å². The van der Waals surface area contributed by atoms with E-state index in [-0.39, 0.29) is 0 Å². The Kier molecular flexibility index (Phi) is 5.08. The van der Waals surface area contributed by atoms with E-state index in [1.54, 1.807) is 0 Å². The first-order valence-electron chi connectivity index (χ1n) is 6.88. The molecule has 1 heterocycles. The summed E-state index contributed by atoms with van der Waals surface area (Å²) in [5.41, 5.74) is 1.33. The van der Waals surface area contributed by atoms with E-state index in [2.05, 4.69) is 34.8 Å². The van der Waals surface area contributed by atoms with Crippen molar-refractivity contribution in [1.82, 2.24) is 15.6 Å². The summed E-state index contributed by atoms with van der Waals surface area (Å²) in [5.74, 6) is 0.892. The summed E-state index contributed by atoms with van der Waals surface area (Å²) in [6, 6.07) is 4.99. The second-order valence-electron chi connectivity index (χ2n) is 5.16. The Labute approximate surface area is 104 Å². The van der Waals surface area contributed by atoms with Gasteiger partial charge in [-0.2, -0.15) is 0 Å². The minimum Gasteiger partial charge on any atom is -0.365 e. The van der Waals surface area contributed by atoms with Crippen molar-refractivity contribution in [3.8, 4) is 0 Å². The van der Waals surface area contributed by atoms with Gasteiger partial charge in [-0.1, -0.05) is 0 Å². The number of aromatic amines is 1. The Morgan fingerprint density at radius 3 is 2.76 bits per heavy atom. The van der Waals surface area contributed by atoms with Crippen LogP contribution >= 0.6 is 0 Å². The molecule has 3 heteroatoms. The summed E-state index contributed by atoms with van der Waals surface area (Å²) < 4.78 is 0. The maximum absolute atomic E-state index is 3.59. The van der Waals surface area contributed by atoms with Crippen LogP contribution in [0.4, 0.5) is 0 Å². The topological polar surface area (TPSA) is 39.8 Å². The van der Waals surface area contributed by atoms with Crippen molar-refractivity contribution in [3.63, 3.8) is 0 Å². The summed E-state index contributed by atoms with van der Waals surface area (Å²) in [6.45, 7) is 2.28. The lowest BCUT2D eigenvalue weighted by atomic mass is 9.86. The van der Waals surface area contributed by atoms with Gasteiger partial charge >= 0.3 is 0 Å². The molecule has 1 fully saturated rings. The highest BCUT2D eigenvalue weighted by Crippen LogP contribution is 2.23. The van der Waals surface area contributed by atoms with E-state index in [0.29, 0.717) is 0 Å². The molecule has 0 radical (unpaired) electrons. The molecule has 1 aromatic rings. The fraction of sp³-hybridized carbons (Fsp3) is 0.714. The third-order valence-corrected chi connectivity index (χ3v) is 3.92. The number of H-pyrrole nitrogens is 1. The predicted molar refractivity (Wildman–Crippen MR) is 72.2 cm³/mol. The minimum absolute atomic E-state index is 0.769. The lowest BCUT2D eigenvalue weighted by Crippen LogP contribution is -2.34. The van der Waals surface area contributed by atoms with Crippen molar-refractivity contribution in [3.05, 3.63) is 24.0 Å². The van der Waals surface area contributed by atoms with Crippen LogP contribution in [0.15, 0.2) is 18.3 Å². The molecule has 3 N–H and O–H groups in total. The smallest absolute Gasteiger partial charge is 0.0159 e. The standard InChI is InChI=1S/C14H25N3/c1-15-13-6-4-12(5-7-13)11-16-10-8-14-3-2-9-17-14/h2-3,9,12-13,15-17H,4-8,10-11H2,1H3. The van der Waals surface area contributed by atoms with Gasteiger partial charge < -0.3 is 15.6 Å². The molecule has 0 bridgehead atoms. The molecule has 0 spiro atoms. The molecule has 1 aliphatic rings. The van der Waals surface area contributed by atoms with Gasteiger partial charge in [-0.05, 0) is 63.7 Å². The van der Waals surface area contributed by atoms with Crippen LogP contribution in [0.25, 0.3) is 0 Å². The molecule has 0 unspecified atom stereocenters. The zero-order chi connectivity index (χ0) is 11.9. The van der Waals surface area contributed by atoms with Crippen LogP contribution in [0.3, 0.4) is 0 Å². The molecule has 1 saturated carbocycles. The van der Waals surface area contributed by atoms with Gasteiger partial charge in [0, 0.05) is 24.5 Å². The summed E-state index contributed by atoms with van der Waals surface area (Å²) in [6.07, 6.45) is 8.55. The first-order chi connectivity index (χ1) is 8.38. The predicted octanol–water partition coefficient (Wildman–Crippen LogP) is 1.92. The SMILES string of the molecule is CNC1CCC(CNCCc2ccc[nH]2)CC1. The Morgan fingerprint density at radius 2 is 2.12 bits per heavy atom. The molecule has 1 aromatic heterocycles. The van der Waals surface area contributed by atoms with E-state index < -0.39 is 0 Å². The van der Waals surface area contributed by atoms with Crippen molar-refractivity contribution in [1.29, 1.82) is 0 Å². The normalized spacial score (nSPS) is 25.0. The Bertz CT molecular complexity index is 286. The van der Waals surface area contributed by atoms with E-state index in [1.807, 2.05) is 6.20 Å². The summed E-state index contributed by atoms with van der Waals surface area (Å²) >= 11 is 0. The number of hydrogen-bond donors (Lipinski definition) is 3. The highest BCUT2D eigenvalue weighted by molar-refractivity contribution is 5.03. The summed E-state index contributed by atoms with van der Waals surface area (Å²) in [5, 5.41) is 6.97. The van der Waals surface area contributed by atoms with Crippen molar-refractivity contribution in [2.75, 3.05) is 20.1 Å². The second kappa shape index (κ2) is 6.82. The molecule has 17 heavy (non-hydrogen) atoms. The fourth-order valence-corrected chi connectivity index (χ4v) is 2.71. The summed E-state index contributed by atoms with van der Waals surface area (Å²) in [7, 11) is 2.08. The van der Waals surface area contributed by atoms with Gasteiger partial charge in [0.25, 0.3) is 0 Å². The van der Waals surface area contributed by atoms with Crippen molar-refractivity contribution >= 4 is 0 Å². The van der Waals surface area contributed by atoms with Gasteiger partial charge in [-0.15, -0.1) is 0 Å². The van der Waals surface area contributed by atoms with E-state index in [9.17, 15) is 0 Å². The third kappa shape index (κ3) is 4.17. The Hall–Kier alpha value is -0.800. The Morgan fingerprint density at radius 1 is 1.29 bits per heavy atom. The van der Waals surface area contributed by atoms with Crippen LogP contribution < -0.4 is 10.6 Å². The van der Waals surface area contributed by atoms with Crippen LogP contribution in [0.2, 0.25) is 0 Å². The Balaban J connectivity index is 1.54. The molecule has 0 saturated heterocycles.